The van der Waals surface area contributed by atoms with Gasteiger partial charge in [0.05, 0.1) is 11.3 Å². The molecule has 1 amide bonds. The highest BCUT2D eigenvalue weighted by Crippen LogP contribution is 2.21. The van der Waals surface area contributed by atoms with E-state index in [0.29, 0.717) is 42.2 Å². The summed E-state index contributed by atoms with van der Waals surface area (Å²) in [4.78, 5) is 25.6. The monoisotopic (exact) mass is 305 g/mol. The maximum Gasteiger partial charge on any atom is 0.256 e. The lowest BCUT2D eigenvalue weighted by molar-refractivity contribution is -0.120. The number of aromatic nitrogens is 4. The summed E-state index contributed by atoms with van der Waals surface area (Å²) >= 11 is 5.99. The molecule has 0 spiro atoms. The highest BCUT2D eigenvalue weighted by molar-refractivity contribution is 6.31. The number of amides is 1. The Bertz CT molecular complexity index is 676. The minimum absolute atomic E-state index is 0.148. The van der Waals surface area contributed by atoms with Crippen molar-refractivity contribution in [1.82, 2.24) is 25.1 Å². The predicted octanol–water partition coefficient (Wildman–Crippen LogP) is 1.12. The smallest absolute Gasteiger partial charge is 0.256 e. The normalized spacial score (nSPS) is 15.3. The first kappa shape index (κ1) is 13.7. The van der Waals surface area contributed by atoms with Crippen LogP contribution in [0.2, 0.25) is 5.02 Å². The Morgan fingerprint density at radius 2 is 2.00 bits per heavy atom. The Balaban J connectivity index is 1.95. The first-order chi connectivity index (χ1) is 10.1. The van der Waals surface area contributed by atoms with Gasteiger partial charge in [0, 0.05) is 31.0 Å². The van der Waals surface area contributed by atoms with Gasteiger partial charge in [-0.2, -0.15) is 4.68 Å². The fourth-order valence-corrected chi connectivity index (χ4v) is 2.44. The molecule has 2 aromatic rings. The number of piperidine rings is 1. The van der Waals surface area contributed by atoms with Crippen LogP contribution in [0.3, 0.4) is 0 Å². The van der Waals surface area contributed by atoms with Crippen LogP contribution in [0, 0.1) is 0 Å². The van der Waals surface area contributed by atoms with Gasteiger partial charge >= 0.3 is 0 Å². The van der Waals surface area contributed by atoms with Crippen LogP contribution in [0.1, 0.15) is 23.2 Å². The Hall–Kier alpha value is -2.28. The van der Waals surface area contributed by atoms with Gasteiger partial charge in [-0.05, 0) is 28.6 Å². The lowest BCUT2D eigenvalue weighted by Crippen LogP contribution is -2.39. The standard InChI is InChI=1S/C13H12ClN5O2/c14-9-1-2-11(12(7-9)19-8-15-16-17-19)13(21)18-5-3-10(20)4-6-18/h1-2,7-8H,3-6H2. The van der Waals surface area contributed by atoms with Gasteiger partial charge in [-0.3, -0.25) is 9.59 Å². The number of hydrogen-bond acceptors (Lipinski definition) is 5. The molecular formula is C13H12ClN5O2. The molecule has 3 rings (SSSR count). The van der Waals surface area contributed by atoms with Crippen LogP contribution in [-0.4, -0.2) is 49.9 Å². The molecule has 0 radical (unpaired) electrons. The Labute approximate surface area is 125 Å². The van der Waals surface area contributed by atoms with Crippen LogP contribution in [-0.2, 0) is 4.79 Å². The first-order valence-electron chi connectivity index (χ1n) is 6.49. The number of Topliss-reactive ketones (excluding diaryl/α,β-unsaturated/α-hetero) is 1. The molecule has 0 unspecified atom stereocenters. The molecule has 0 atom stereocenters. The SMILES string of the molecule is O=C1CCN(C(=O)c2ccc(Cl)cc2-n2cnnn2)CC1. The molecule has 1 aliphatic rings. The summed E-state index contributed by atoms with van der Waals surface area (Å²) in [6, 6.07) is 4.94. The summed E-state index contributed by atoms with van der Waals surface area (Å²) in [5, 5.41) is 11.4. The van der Waals surface area contributed by atoms with Gasteiger partial charge in [-0.25, -0.2) is 0 Å². The van der Waals surface area contributed by atoms with Gasteiger partial charge in [0.1, 0.15) is 12.1 Å². The molecule has 0 bridgehead atoms. The quantitative estimate of drug-likeness (QED) is 0.830. The van der Waals surface area contributed by atoms with Crippen molar-refractivity contribution in [2.24, 2.45) is 0 Å². The third kappa shape index (κ3) is 2.78. The summed E-state index contributed by atoms with van der Waals surface area (Å²) in [5.41, 5.74) is 0.982. The predicted molar refractivity (Wildman–Crippen MR) is 74.3 cm³/mol. The minimum atomic E-state index is -0.148. The number of benzene rings is 1. The number of nitrogens with zero attached hydrogens (tertiary/aromatic N) is 5. The van der Waals surface area contributed by atoms with Crippen molar-refractivity contribution in [3.63, 3.8) is 0 Å². The molecule has 108 valence electrons. The Morgan fingerprint density at radius 3 is 2.67 bits per heavy atom. The lowest BCUT2D eigenvalue weighted by atomic mass is 10.1. The maximum atomic E-state index is 12.6. The molecular weight excluding hydrogens is 294 g/mol. The van der Waals surface area contributed by atoms with Crippen molar-refractivity contribution in [3.05, 3.63) is 35.1 Å². The Kier molecular flexibility index (Phi) is 3.66. The highest BCUT2D eigenvalue weighted by Gasteiger charge is 2.24. The number of rotatable bonds is 2. The summed E-state index contributed by atoms with van der Waals surface area (Å²) in [5.74, 6) is 0.0422. The third-order valence-electron chi connectivity index (χ3n) is 3.39. The molecule has 2 heterocycles. The summed E-state index contributed by atoms with van der Waals surface area (Å²) in [7, 11) is 0. The van der Waals surface area contributed by atoms with E-state index in [1.54, 1.807) is 23.1 Å². The van der Waals surface area contributed by atoms with Crippen LogP contribution < -0.4 is 0 Å². The Morgan fingerprint density at radius 1 is 1.24 bits per heavy atom. The van der Waals surface area contributed by atoms with E-state index in [0.717, 1.165) is 0 Å². The summed E-state index contributed by atoms with van der Waals surface area (Å²) in [6.45, 7) is 0.880. The van der Waals surface area contributed by atoms with Gasteiger partial charge in [0.2, 0.25) is 0 Å². The van der Waals surface area contributed by atoms with Crippen LogP contribution in [0.15, 0.2) is 24.5 Å². The van der Waals surface area contributed by atoms with E-state index in [1.807, 2.05) is 0 Å². The van der Waals surface area contributed by atoms with Crippen molar-refractivity contribution >= 4 is 23.3 Å². The van der Waals surface area contributed by atoms with E-state index < -0.39 is 0 Å². The van der Waals surface area contributed by atoms with Crippen molar-refractivity contribution in [1.29, 1.82) is 0 Å². The summed E-state index contributed by atoms with van der Waals surface area (Å²) < 4.78 is 1.40. The number of hydrogen-bond donors (Lipinski definition) is 0. The van der Waals surface area contributed by atoms with Gasteiger partial charge in [-0.1, -0.05) is 11.6 Å². The number of halogens is 1. The number of ketones is 1. The minimum Gasteiger partial charge on any atom is -0.338 e. The molecule has 1 aromatic carbocycles. The topological polar surface area (TPSA) is 81.0 Å². The van der Waals surface area contributed by atoms with Crippen LogP contribution in [0.25, 0.3) is 5.69 Å². The molecule has 1 fully saturated rings. The van der Waals surface area contributed by atoms with E-state index in [4.69, 9.17) is 11.6 Å². The molecule has 0 N–H and O–H groups in total. The number of likely N-dealkylation sites (tertiary alicyclic amines) is 1. The molecule has 1 aromatic heterocycles. The third-order valence-corrected chi connectivity index (χ3v) is 3.63. The average Bonchev–Trinajstić information content (AvgIpc) is 3.01. The second-order valence-electron chi connectivity index (χ2n) is 4.75. The van der Waals surface area contributed by atoms with E-state index >= 15 is 0 Å². The fourth-order valence-electron chi connectivity index (χ4n) is 2.28. The van der Waals surface area contributed by atoms with Gasteiger partial charge < -0.3 is 4.90 Å². The maximum absolute atomic E-state index is 12.6. The molecule has 21 heavy (non-hydrogen) atoms. The van der Waals surface area contributed by atoms with Crippen molar-refractivity contribution in [2.75, 3.05) is 13.1 Å². The number of tetrazole rings is 1. The van der Waals surface area contributed by atoms with Gasteiger partial charge in [0.25, 0.3) is 5.91 Å². The van der Waals surface area contributed by atoms with Crippen molar-refractivity contribution in [2.45, 2.75) is 12.8 Å². The molecule has 8 heteroatoms. The van der Waals surface area contributed by atoms with Crippen LogP contribution >= 0.6 is 11.6 Å². The molecule has 7 nitrogen and oxygen atoms in total. The van der Waals surface area contributed by atoms with Gasteiger partial charge in [0.15, 0.2) is 0 Å². The van der Waals surface area contributed by atoms with E-state index in [2.05, 4.69) is 15.5 Å². The van der Waals surface area contributed by atoms with Crippen LogP contribution in [0.5, 0.6) is 0 Å². The average molecular weight is 306 g/mol. The van der Waals surface area contributed by atoms with E-state index in [9.17, 15) is 9.59 Å². The second-order valence-corrected chi connectivity index (χ2v) is 5.18. The molecule has 0 aliphatic carbocycles. The van der Waals surface area contributed by atoms with Gasteiger partial charge in [-0.15, -0.1) is 5.10 Å². The highest BCUT2D eigenvalue weighted by atomic mass is 35.5. The second kappa shape index (κ2) is 5.61. The molecule has 0 saturated carbocycles. The zero-order valence-electron chi connectivity index (χ0n) is 11.1. The molecule has 1 saturated heterocycles. The number of carbonyl (C=O) groups is 2. The van der Waals surface area contributed by atoms with E-state index in [1.165, 1.54) is 11.0 Å². The van der Waals surface area contributed by atoms with Crippen molar-refractivity contribution in [3.8, 4) is 5.69 Å². The lowest BCUT2D eigenvalue weighted by Gasteiger charge is -2.26. The zero-order chi connectivity index (χ0) is 14.8. The summed E-state index contributed by atoms with van der Waals surface area (Å²) in [6.07, 6.45) is 2.21. The number of carbonyl (C=O) groups excluding carboxylic acids is 2. The first-order valence-corrected chi connectivity index (χ1v) is 6.87. The van der Waals surface area contributed by atoms with E-state index in [-0.39, 0.29) is 11.7 Å². The largest absolute Gasteiger partial charge is 0.338 e. The van der Waals surface area contributed by atoms with Crippen LogP contribution in [0.4, 0.5) is 0 Å². The van der Waals surface area contributed by atoms with Crippen molar-refractivity contribution < 1.29 is 9.59 Å². The zero-order valence-corrected chi connectivity index (χ0v) is 11.8. The molecule has 1 aliphatic heterocycles. The fraction of sp³-hybridized carbons (Fsp3) is 0.308.